The number of likely N-dealkylation sites (tertiary alicyclic amines) is 1. The Labute approximate surface area is 194 Å². The van der Waals surface area contributed by atoms with Crippen LogP contribution in [0.25, 0.3) is 11.1 Å². The quantitative estimate of drug-likeness (QED) is 0.729. The number of nitrogens with zero attached hydrogens (tertiary/aromatic N) is 6. The van der Waals surface area contributed by atoms with Crippen molar-refractivity contribution in [3.8, 4) is 0 Å². The van der Waals surface area contributed by atoms with E-state index in [4.69, 9.17) is 5.10 Å². The van der Waals surface area contributed by atoms with E-state index >= 15 is 0 Å². The van der Waals surface area contributed by atoms with E-state index in [9.17, 15) is 4.79 Å². The highest BCUT2D eigenvalue weighted by Crippen LogP contribution is 2.27. The molecule has 7 heteroatoms. The summed E-state index contributed by atoms with van der Waals surface area (Å²) in [6.45, 7) is 5.92. The Kier molecular flexibility index (Phi) is 5.50. The fraction of sp³-hybridized carbons (Fsp3) is 0.346. The minimum Gasteiger partial charge on any atom is -0.370 e. The number of aryl methyl sites for hydroxylation is 2. The summed E-state index contributed by atoms with van der Waals surface area (Å²) in [4.78, 5) is 24.3. The Hall–Kier alpha value is -3.45. The molecule has 0 unspecified atom stereocenters. The number of piperidine rings is 1. The van der Waals surface area contributed by atoms with E-state index in [0.29, 0.717) is 6.04 Å². The van der Waals surface area contributed by atoms with Crippen molar-refractivity contribution < 1.29 is 4.79 Å². The summed E-state index contributed by atoms with van der Waals surface area (Å²) in [5, 5.41) is 4.70. The van der Waals surface area contributed by atoms with Gasteiger partial charge in [0, 0.05) is 42.7 Å². The van der Waals surface area contributed by atoms with Crippen LogP contribution in [0.15, 0.2) is 66.3 Å². The molecule has 0 bridgehead atoms. The van der Waals surface area contributed by atoms with Gasteiger partial charge in [-0.3, -0.25) is 14.7 Å². The summed E-state index contributed by atoms with van der Waals surface area (Å²) in [6, 6.07) is 2.61. The molecule has 3 aliphatic heterocycles. The molecule has 2 aromatic rings. The zero-order valence-corrected chi connectivity index (χ0v) is 19.7. The maximum absolute atomic E-state index is 13.3. The summed E-state index contributed by atoms with van der Waals surface area (Å²) in [6.07, 6.45) is 17.8. The Morgan fingerprint density at radius 3 is 2.58 bits per heavy atom. The molecule has 1 saturated heterocycles. The van der Waals surface area contributed by atoms with Crippen LogP contribution in [0, 0.1) is 13.8 Å². The fourth-order valence-corrected chi connectivity index (χ4v) is 4.75. The van der Waals surface area contributed by atoms with Gasteiger partial charge in [-0.1, -0.05) is 12.2 Å². The van der Waals surface area contributed by atoms with Gasteiger partial charge in [-0.05, 0) is 65.1 Å². The first kappa shape index (κ1) is 21.4. The van der Waals surface area contributed by atoms with Gasteiger partial charge in [0.1, 0.15) is 0 Å². The molecule has 0 N–H and O–H groups in total. The van der Waals surface area contributed by atoms with Gasteiger partial charge in [-0.15, -0.1) is 0 Å². The lowest BCUT2D eigenvalue weighted by Crippen LogP contribution is -2.42. The van der Waals surface area contributed by atoms with E-state index in [1.807, 2.05) is 61.1 Å². The predicted octanol–water partition coefficient (Wildman–Crippen LogP) is 3.45. The minimum atomic E-state index is -0.0753. The number of rotatable bonds is 3. The van der Waals surface area contributed by atoms with E-state index in [1.54, 1.807) is 11.0 Å². The van der Waals surface area contributed by atoms with E-state index in [2.05, 4.69) is 35.0 Å². The molecule has 1 fully saturated rings. The Balaban J connectivity index is 1.42. The van der Waals surface area contributed by atoms with Crippen molar-refractivity contribution in [3.63, 3.8) is 0 Å². The van der Waals surface area contributed by atoms with Gasteiger partial charge in [-0.2, -0.15) is 5.10 Å². The maximum atomic E-state index is 13.3. The molecule has 5 heterocycles. The number of aromatic nitrogens is 3. The zero-order chi connectivity index (χ0) is 23.1. The highest BCUT2D eigenvalue weighted by atomic mass is 16.2. The predicted molar refractivity (Wildman–Crippen MR) is 130 cm³/mol. The third kappa shape index (κ3) is 4.16. The van der Waals surface area contributed by atoms with Crippen LogP contribution in [0.4, 0.5) is 0 Å². The number of amides is 1. The van der Waals surface area contributed by atoms with Gasteiger partial charge in [0.05, 0.1) is 34.5 Å². The first-order chi connectivity index (χ1) is 15.9. The van der Waals surface area contributed by atoms with E-state index in [-0.39, 0.29) is 5.91 Å². The standard InChI is InChI=1S/C26H30N6O/c1-18-16-32-25(19(2)27-18)15-24(28-32)20-6-5-7-22-8-9-23(17-31(22)26(33)14-20)30-12-10-21(11-13-30)29(3)4/h5-9,14-17,21H,10-13H2,1-4H3/b6-5+,20-14+,22-7+. The lowest BCUT2D eigenvalue weighted by atomic mass is 10.0. The van der Waals surface area contributed by atoms with Crippen LogP contribution in [0.5, 0.6) is 0 Å². The van der Waals surface area contributed by atoms with Gasteiger partial charge >= 0.3 is 0 Å². The fourth-order valence-electron chi connectivity index (χ4n) is 4.75. The molecule has 2 aromatic heterocycles. The van der Waals surface area contributed by atoms with Crippen LogP contribution < -0.4 is 0 Å². The Morgan fingerprint density at radius 1 is 1.06 bits per heavy atom. The SMILES string of the molecule is Cc1cn2nc(C3=C\C(=O)N4C=C(N5CCC(N(C)C)CC5)C=C\C4=C/C=C/3)cc2c(C)n1. The van der Waals surface area contributed by atoms with Gasteiger partial charge in [0.15, 0.2) is 0 Å². The van der Waals surface area contributed by atoms with Crippen molar-refractivity contribution in [2.75, 3.05) is 27.2 Å². The van der Waals surface area contributed by atoms with Crippen molar-refractivity contribution in [1.82, 2.24) is 29.3 Å². The molecule has 3 aliphatic rings. The minimum absolute atomic E-state index is 0.0753. The summed E-state index contributed by atoms with van der Waals surface area (Å²) in [5.41, 5.74) is 6.27. The normalized spacial score (nSPS) is 23.5. The van der Waals surface area contributed by atoms with E-state index in [0.717, 1.165) is 65.5 Å². The van der Waals surface area contributed by atoms with Crippen LogP contribution >= 0.6 is 0 Å². The smallest absolute Gasteiger partial charge is 0.255 e. The third-order valence-electron chi connectivity index (χ3n) is 6.64. The van der Waals surface area contributed by atoms with Crippen molar-refractivity contribution in [3.05, 3.63) is 83.4 Å². The first-order valence-electron chi connectivity index (χ1n) is 11.5. The van der Waals surface area contributed by atoms with Gasteiger partial charge in [0.25, 0.3) is 5.91 Å². The molecule has 0 radical (unpaired) electrons. The Bertz CT molecular complexity index is 1250. The summed E-state index contributed by atoms with van der Waals surface area (Å²) in [7, 11) is 4.30. The van der Waals surface area contributed by atoms with Crippen LogP contribution in [0.3, 0.4) is 0 Å². The van der Waals surface area contributed by atoms with Crippen molar-refractivity contribution in [2.45, 2.75) is 32.7 Å². The molecule has 7 nitrogen and oxygen atoms in total. The van der Waals surface area contributed by atoms with Crippen molar-refractivity contribution >= 4 is 17.0 Å². The van der Waals surface area contributed by atoms with E-state index in [1.165, 1.54) is 0 Å². The second kappa shape index (κ2) is 8.48. The molecular formula is C26H30N6O. The van der Waals surface area contributed by atoms with Crippen LogP contribution in [-0.2, 0) is 4.79 Å². The molecule has 0 spiro atoms. The number of carbonyl (C=O) groups excluding carboxylic acids is 1. The molecule has 170 valence electrons. The largest absolute Gasteiger partial charge is 0.370 e. The topological polar surface area (TPSA) is 57.0 Å². The first-order valence-corrected chi connectivity index (χ1v) is 11.5. The van der Waals surface area contributed by atoms with Crippen LogP contribution in [-0.4, -0.2) is 68.4 Å². The second-order valence-electron chi connectivity index (χ2n) is 9.15. The van der Waals surface area contributed by atoms with Crippen molar-refractivity contribution in [2.24, 2.45) is 0 Å². The van der Waals surface area contributed by atoms with Gasteiger partial charge < -0.3 is 9.80 Å². The summed E-state index contributed by atoms with van der Waals surface area (Å²) >= 11 is 0. The van der Waals surface area contributed by atoms with Crippen molar-refractivity contribution in [1.29, 1.82) is 0 Å². The van der Waals surface area contributed by atoms with Crippen LogP contribution in [0.2, 0.25) is 0 Å². The van der Waals surface area contributed by atoms with E-state index < -0.39 is 0 Å². The average Bonchev–Trinajstić information content (AvgIpc) is 3.21. The molecule has 1 amide bonds. The second-order valence-corrected chi connectivity index (χ2v) is 9.15. The third-order valence-corrected chi connectivity index (χ3v) is 6.64. The molecule has 5 rings (SSSR count). The molecule has 33 heavy (non-hydrogen) atoms. The highest BCUT2D eigenvalue weighted by molar-refractivity contribution is 5.99. The lowest BCUT2D eigenvalue weighted by Gasteiger charge is -2.38. The Morgan fingerprint density at radius 2 is 1.82 bits per heavy atom. The number of hydrogen-bond acceptors (Lipinski definition) is 5. The van der Waals surface area contributed by atoms with Gasteiger partial charge in [0.2, 0.25) is 0 Å². The van der Waals surface area contributed by atoms with Crippen LogP contribution in [0.1, 0.15) is 29.9 Å². The highest BCUT2D eigenvalue weighted by Gasteiger charge is 2.25. The molecule has 0 aliphatic carbocycles. The molecule has 0 saturated carbocycles. The maximum Gasteiger partial charge on any atom is 0.255 e. The molecule has 0 atom stereocenters. The molecule has 0 aromatic carbocycles. The number of fused-ring (bicyclic) bond motifs is 2. The summed E-state index contributed by atoms with van der Waals surface area (Å²) < 4.78 is 1.84. The zero-order valence-electron chi connectivity index (χ0n) is 19.7. The molecular weight excluding hydrogens is 412 g/mol. The summed E-state index contributed by atoms with van der Waals surface area (Å²) in [5.74, 6) is -0.0753. The monoisotopic (exact) mass is 442 g/mol. The van der Waals surface area contributed by atoms with Gasteiger partial charge in [-0.25, -0.2) is 4.52 Å². The number of carbonyl (C=O) groups is 1. The number of hydrogen-bond donors (Lipinski definition) is 0. The lowest BCUT2D eigenvalue weighted by molar-refractivity contribution is -0.122. The average molecular weight is 443 g/mol. The number of allylic oxidation sites excluding steroid dienone is 6.